The molecule has 2 saturated carbocycles. The van der Waals surface area contributed by atoms with Gasteiger partial charge in [0, 0.05) is 0 Å². The maximum Gasteiger partial charge on any atom is 0.141 e. The van der Waals surface area contributed by atoms with Crippen molar-refractivity contribution < 1.29 is 4.39 Å². The molecule has 104 valence electrons. The van der Waals surface area contributed by atoms with E-state index in [1.807, 2.05) is 0 Å². The van der Waals surface area contributed by atoms with Gasteiger partial charge in [-0.3, -0.25) is 4.98 Å². The van der Waals surface area contributed by atoms with E-state index >= 15 is 0 Å². The van der Waals surface area contributed by atoms with Crippen molar-refractivity contribution in [3.8, 4) is 0 Å². The fourth-order valence-electron chi connectivity index (χ4n) is 4.19. The Morgan fingerprint density at radius 1 is 1.37 bits per heavy atom. The Kier molecular flexibility index (Phi) is 3.34. The van der Waals surface area contributed by atoms with Gasteiger partial charge in [-0.1, -0.05) is 13.3 Å². The highest BCUT2D eigenvalue weighted by atomic mass is 19.1. The molecule has 2 bridgehead atoms. The average molecular weight is 262 g/mol. The monoisotopic (exact) mass is 262 g/mol. The minimum Gasteiger partial charge on any atom is -0.320 e. The van der Waals surface area contributed by atoms with E-state index < -0.39 is 0 Å². The Labute approximate surface area is 114 Å². The lowest BCUT2D eigenvalue weighted by atomic mass is 9.76. The van der Waals surface area contributed by atoms with Crippen LogP contribution in [0.4, 0.5) is 4.39 Å². The summed E-state index contributed by atoms with van der Waals surface area (Å²) < 4.78 is 13.0. The summed E-state index contributed by atoms with van der Waals surface area (Å²) in [4.78, 5) is 4.23. The normalized spacial score (nSPS) is 32.5. The third-order valence-corrected chi connectivity index (χ3v) is 5.38. The van der Waals surface area contributed by atoms with Crippen LogP contribution in [-0.4, -0.2) is 4.98 Å². The summed E-state index contributed by atoms with van der Waals surface area (Å²) in [5.41, 5.74) is 7.06. The van der Waals surface area contributed by atoms with Crippen molar-refractivity contribution in [2.24, 2.45) is 23.5 Å². The number of halogens is 1. The first-order valence-corrected chi connectivity index (χ1v) is 7.51. The van der Waals surface area contributed by atoms with Gasteiger partial charge < -0.3 is 5.73 Å². The summed E-state index contributed by atoms with van der Waals surface area (Å²) in [7, 11) is 0. The highest BCUT2D eigenvalue weighted by Crippen LogP contribution is 2.51. The smallest absolute Gasteiger partial charge is 0.141 e. The van der Waals surface area contributed by atoms with E-state index in [-0.39, 0.29) is 11.4 Å². The maximum absolute atomic E-state index is 13.0. The van der Waals surface area contributed by atoms with Gasteiger partial charge in [-0.2, -0.15) is 0 Å². The first-order valence-electron chi connectivity index (χ1n) is 7.51. The van der Waals surface area contributed by atoms with Crippen LogP contribution >= 0.6 is 0 Å². The quantitative estimate of drug-likeness (QED) is 0.900. The molecule has 0 aromatic carbocycles. The molecule has 1 aromatic rings. The van der Waals surface area contributed by atoms with E-state index in [0.29, 0.717) is 0 Å². The second-order valence-electron chi connectivity index (χ2n) is 6.51. The fourth-order valence-corrected chi connectivity index (χ4v) is 4.19. The highest BCUT2D eigenvalue weighted by Gasteiger charge is 2.43. The second-order valence-corrected chi connectivity index (χ2v) is 6.51. The van der Waals surface area contributed by atoms with Gasteiger partial charge in [0.1, 0.15) is 5.82 Å². The molecular formula is C16H23FN2. The van der Waals surface area contributed by atoms with Gasteiger partial charge in [-0.25, -0.2) is 4.39 Å². The fraction of sp³-hybridized carbons (Fsp3) is 0.688. The van der Waals surface area contributed by atoms with Gasteiger partial charge in [0.05, 0.1) is 17.4 Å². The summed E-state index contributed by atoms with van der Waals surface area (Å²) >= 11 is 0. The largest absolute Gasteiger partial charge is 0.320 e. The Balaban J connectivity index is 1.77. The van der Waals surface area contributed by atoms with Crippen LogP contribution in [0.25, 0.3) is 0 Å². The molecule has 19 heavy (non-hydrogen) atoms. The SMILES string of the molecule is CCC(N)(CC1CC2CCC1C2)c1ccc(F)cn1. The Morgan fingerprint density at radius 3 is 2.74 bits per heavy atom. The Hall–Kier alpha value is -0.960. The van der Waals surface area contributed by atoms with Crippen molar-refractivity contribution in [2.45, 2.75) is 51.0 Å². The van der Waals surface area contributed by atoms with Crippen molar-refractivity contribution in [3.63, 3.8) is 0 Å². The first kappa shape index (κ1) is 13.0. The van der Waals surface area contributed by atoms with Crippen LogP contribution in [0.3, 0.4) is 0 Å². The summed E-state index contributed by atoms with van der Waals surface area (Å²) in [6.45, 7) is 2.11. The maximum atomic E-state index is 13.0. The van der Waals surface area contributed by atoms with Crippen molar-refractivity contribution in [3.05, 3.63) is 29.8 Å². The third kappa shape index (κ3) is 2.40. The molecule has 3 rings (SSSR count). The lowest BCUT2D eigenvalue weighted by Crippen LogP contribution is -2.40. The highest BCUT2D eigenvalue weighted by molar-refractivity contribution is 5.16. The topological polar surface area (TPSA) is 38.9 Å². The molecule has 0 amide bonds. The number of rotatable bonds is 4. The third-order valence-electron chi connectivity index (χ3n) is 5.38. The van der Waals surface area contributed by atoms with Gasteiger partial charge >= 0.3 is 0 Å². The van der Waals surface area contributed by atoms with Crippen LogP contribution in [-0.2, 0) is 5.54 Å². The molecule has 4 unspecified atom stereocenters. The minimum atomic E-state index is -0.386. The van der Waals surface area contributed by atoms with Crippen LogP contribution < -0.4 is 5.73 Å². The predicted octanol–water partition coefficient (Wildman–Crippen LogP) is 3.61. The molecule has 2 N–H and O–H groups in total. The first-order chi connectivity index (χ1) is 9.10. The zero-order valence-corrected chi connectivity index (χ0v) is 11.6. The molecular weight excluding hydrogens is 239 g/mol. The molecule has 4 atom stereocenters. The van der Waals surface area contributed by atoms with Crippen molar-refractivity contribution >= 4 is 0 Å². The van der Waals surface area contributed by atoms with Crippen LogP contribution in [0, 0.1) is 23.6 Å². The van der Waals surface area contributed by atoms with Crippen LogP contribution in [0.5, 0.6) is 0 Å². The van der Waals surface area contributed by atoms with Crippen LogP contribution in [0.1, 0.15) is 51.1 Å². The summed E-state index contributed by atoms with van der Waals surface area (Å²) in [6.07, 6.45) is 8.69. The van der Waals surface area contributed by atoms with E-state index in [1.165, 1.54) is 37.9 Å². The number of nitrogens with zero attached hydrogens (tertiary/aromatic N) is 1. The molecule has 2 aliphatic carbocycles. The molecule has 3 heteroatoms. The van der Waals surface area contributed by atoms with E-state index in [1.54, 1.807) is 6.07 Å². The summed E-state index contributed by atoms with van der Waals surface area (Å²) in [5.74, 6) is 2.27. The Morgan fingerprint density at radius 2 is 2.21 bits per heavy atom. The number of hydrogen-bond donors (Lipinski definition) is 1. The zero-order chi connectivity index (χ0) is 13.5. The number of aromatic nitrogens is 1. The summed E-state index contributed by atoms with van der Waals surface area (Å²) in [6, 6.07) is 3.23. The number of fused-ring (bicyclic) bond motifs is 2. The molecule has 2 aliphatic rings. The predicted molar refractivity (Wildman–Crippen MR) is 73.9 cm³/mol. The number of nitrogens with two attached hydrogens (primary N) is 1. The van der Waals surface area contributed by atoms with Gasteiger partial charge in [0.15, 0.2) is 0 Å². The van der Waals surface area contributed by atoms with Crippen molar-refractivity contribution in [1.29, 1.82) is 0 Å². The molecule has 0 aliphatic heterocycles. The van der Waals surface area contributed by atoms with E-state index in [0.717, 1.165) is 36.3 Å². The lowest BCUT2D eigenvalue weighted by molar-refractivity contribution is 0.233. The molecule has 1 aromatic heterocycles. The summed E-state index contributed by atoms with van der Waals surface area (Å²) in [5, 5.41) is 0. The second kappa shape index (κ2) is 4.86. The van der Waals surface area contributed by atoms with E-state index in [4.69, 9.17) is 5.73 Å². The van der Waals surface area contributed by atoms with Crippen LogP contribution in [0.15, 0.2) is 18.3 Å². The molecule has 0 radical (unpaired) electrons. The minimum absolute atomic E-state index is 0.290. The zero-order valence-electron chi connectivity index (χ0n) is 11.6. The van der Waals surface area contributed by atoms with Crippen molar-refractivity contribution in [1.82, 2.24) is 4.98 Å². The Bertz CT molecular complexity index is 445. The van der Waals surface area contributed by atoms with Gasteiger partial charge in [-0.15, -0.1) is 0 Å². The number of hydrogen-bond acceptors (Lipinski definition) is 2. The lowest BCUT2D eigenvalue weighted by Gasteiger charge is -2.33. The molecule has 2 nitrogen and oxygen atoms in total. The standard InChI is InChI=1S/C16H23FN2/c1-2-16(18,15-6-5-14(17)10-19-15)9-13-8-11-3-4-12(13)7-11/h5-6,10-13H,2-4,7-9,18H2,1H3. The molecule has 2 fully saturated rings. The average Bonchev–Trinajstić information content (AvgIpc) is 3.01. The molecule has 0 saturated heterocycles. The van der Waals surface area contributed by atoms with Gasteiger partial charge in [0.25, 0.3) is 0 Å². The van der Waals surface area contributed by atoms with Crippen molar-refractivity contribution in [2.75, 3.05) is 0 Å². The van der Waals surface area contributed by atoms with E-state index in [2.05, 4.69) is 11.9 Å². The number of pyridine rings is 1. The van der Waals surface area contributed by atoms with Gasteiger partial charge in [0.2, 0.25) is 0 Å². The van der Waals surface area contributed by atoms with E-state index in [9.17, 15) is 4.39 Å². The molecule has 0 spiro atoms. The molecule has 1 heterocycles. The van der Waals surface area contributed by atoms with Crippen LogP contribution in [0.2, 0.25) is 0 Å². The van der Waals surface area contributed by atoms with Gasteiger partial charge in [-0.05, 0) is 62.0 Å².